The fourth-order valence-corrected chi connectivity index (χ4v) is 2.81. The highest BCUT2D eigenvalue weighted by Crippen LogP contribution is 2.36. The molecule has 2 fully saturated rings. The van der Waals surface area contributed by atoms with Gasteiger partial charge in [-0.1, -0.05) is 6.92 Å². The van der Waals surface area contributed by atoms with Crippen molar-refractivity contribution in [1.29, 1.82) is 0 Å². The summed E-state index contributed by atoms with van der Waals surface area (Å²) in [5.41, 5.74) is 0.806. The lowest BCUT2D eigenvalue weighted by Gasteiger charge is -2.14. The largest absolute Gasteiger partial charge is 0.382 e. The van der Waals surface area contributed by atoms with E-state index in [1.54, 1.807) is 10.9 Å². The van der Waals surface area contributed by atoms with E-state index in [0.717, 1.165) is 24.7 Å². The average Bonchev–Trinajstić information content (AvgIpc) is 3.27. The van der Waals surface area contributed by atoms with Crippen LogP contribution in [0.15, 0.2) is 15.5 Å². The maximum absolute atomic E-state index is 12.2. The Morgan fingerprint density at radius 3 is 2.84 bits per heavy atom. The van der Waals surface area contributed by atoms with E-state index in [9.17, 15) is 4.79 Å². The van der Waals surface area contributed by atoms with Crippen LogP contribution in [-0.2, 0) is 6.54 Å². The normalized spacial score (nSPS) is 20.3. The Balaban J connectivity index is 1.67. The van der Waals surface area contributed by atoms with Crippen LogP contribution < -0.4 is 10.9 Å². The Morgan fingerprint density at radius 1 is 1.47 bits per heavy atom. The highest BCUT2D eigenvalue weighted by molar-refractivity contribution is 9.10. The third kappa shape index (κ3) is 3.19. The van der Waals surface area contributed by atoms with Crippen molar-refractivity contribution in [3.63, 3.8) is 0 Å². The van der Waals surface area contributed by atoms with E-state index in [2.05, 4.69) is 33.3 Å². The van der Waals surface area contributed by atoms with Crippen molar-refractivity contribution in [2.45, 2.75) is 39.2 Å². The van der Waals surface area contributed by atoms with Gasteiger partial charge in [0.25, 0.3) is 5.56 Å². The highest BCUT2D eigenvalue weighted by Gasteiger charge is 2.28. The SMILES string of the molecule is CC(CNc1cnn(CC2CC2)c(=O)c1Br)C1CC1. The van der Waals surface area contributed by atoms with Gasteiger partial charge in [0.1, 0.15) is 4.47 Å². The molecule has 1 heterocycles. The molecule has 2 saturated carbocycles. The summed E-state index contributed by atoms with van der Waals surface area (Å²) in [4.78, 5) is 12.2. The fraction of sp³-hybridized carbons (Fsp3) is 0.714. The van der Waals surface area contributed by atoms with Gasteiger partial charge in [-0.15, -0.1) is 0 Å². The molecule has 104 valence electrons. The van der Waals surface area contributed by atoms with Gasteiger partial charge in [0.2, 0.25) is 0 Å². The molecule has 0 bridgehead atoms. The second-order valence-electron chi connectivity index (χ2n) is 6.00. The summed E-state index contributed by atoms with van der Waals surface area (Å²) < 4.78 is 2.20. The summed E-state index contributed by atoms with van der Waals surface area (Å²) in [5, 5.41) is 7.62. The molecule has 0 radical (unpaired) electrons. The number of rotatable bonds is 6. The minimum atomic E-state index is -0.0176. The van der Waals surface area contributed by atoms with Crippen molar-refractivity contribution in [2.24, 2.45) is 17.8 Å². The first-order valence-electron chi connectivity index (χ1n) is 7.14. The van der Waals surface area contributed by atoms with Crippen molar-refractivity contribution >= 4 is 21.6 Å². The maximum atomic E-state index is 12.2. The average molecular weight is 326 g/mol. The lowest BCUT2D eigenvalue weighted by molar-refractivity contribution is 0.526. The standard InChI is InChI=1S/C14H20BrN3O/c1-9(11-4-5-11)6-16-12-7-17-18(8-10-2-3-10)14(19)13(12)15/h7,9-11,16H,2-6,8H2,1H3. The van der Waals surface area contributed by atoms with Gasteiger partial charge in [-0.2, -0.15) is 5.10 Å². The van der Waals surface area contributed by atoms with Crippen molar-refractivity contribution in [3.05, 3.63) is 21.0 Å². The van der Waals surface area contributed by atoms with Crippen LogP contribution in [0.1, 0.15) is 32.6 Å². The predicted octanol–water partition coefficient (Wildman–Crippen LogP) is 2.87. The first-order chi connectivity index (χ1) is 9.15. The zero-order chi connectivity index (χ0) is 13.4. The molecule has 1 aromatic heterocycles. The van der Waals surface area contributed by atoms with Crippen LogP contribution in [0.3, 0.4) is 0 Å². The monoisotopic (exact) mass is 325 g/mol. The van der Waals surface area contributed by atoms with E-state index in [4.69, 9.17) is 0 Å². The molecule has 0 spiro atoms. The molecule has 1 unspecified atom stereocenters. The summed E-state index contributed by atoms with van der Waals surface area (Å²) in [6, 6.07) is 0. The summed E-state index contributed by atoms with van der Waals surface area (Å²) in [5.74, 6) is 2.20. The Kier molecular flexibility index (Phi) is 3.65. The summed E-state index contributed by atoms with van der Waals surface area (Å²) in [6.07, 6.45) is 6.93. The molecule has 3 rings (SSSR count). The molecular formula is C14H20BrN3O. The van der Waals surface area contributed by atoms with Gasteiger partial charge in [-0.3, -0.25) is 4.79 Å². The quantitative estimate of drug-likeness (QED) is 0.874. The molecule has 1 aromatic rings. The second-order valence-corrected chi connectivity index (χ2v) is 6.79. The van der Waals surface area contributed by atoms with Crippen molar-refractivity contribution in [3.8, 4) is 0 Å². The summed E-state index contributed by atoms with van der Waals surface area (Å²) >= 11 is 3.41. The van der Waals surface area contributed by atoms with Crippen LogP contribution in [0, 0.1) is 17.8 Å². The smallest absolute Gasteiger partial charge is 0.283 e. The highest BCUT2D eigenvalue weighted by atomic mass is 79.9. The zero-order valence-corrected chi connectivity index (χ0v) is 12.8. The van der Waals surface area contributed by atoms with Crippen LogP contribution in [0.25, 0.3) is 0 Å². The molecule has 19 heavy (non-hydrogen) atoms. The van der Waals surface area contributed by atoms with Gasteiger partial charge < -0.3 is 5.32 Å². The van der Waals surface area contributed by atoms with E-state index in [0.29, 0.717) is 16.3 Å². The van der Waals surface area contributed by atoms with E-state index in [-0.39, 0.29) is 5.56 Å². The number of aromatic nitrogens is 2. The van der Waals surface area contributed by atoms with Crippen LogP contribution in [0.5, 0.6) is 0 Å². The molecule has 0 aliphatic heterocycles. The minimum absolute atomic E-state index is 0.0176. The van der Waals surface area contributed by atoms with Crippen LogP contribution in [0.4, 0.5) is 5.69 Å². The molecule has 1 atom stereocenters. The van der Waals surface area contributed by atoms with Crippen molar-refractivity contribution in [1.82, 2.24) is 9.78 Å². The van der Waals surface area contributed by atoms with Crippen LogP contribution in [0.2, 0.25) is 0 Å². The molecule has 2 aliphatic carbocycles. The Hall–Kier alpha value is -0.840. The summed E-state index contributed by atoms with van der Waals surface area (Å²) in [7, 11) is 0. The number of nitrogens with one attached hydrogen (secondary N) is 1. The molecule has 0 saturated heterocycles. The van der Waals surface area contributed by atoms with Crippen molar-refractivity contribution < 1.29 is 0 Å². The first-order valence-corrected chi connectivity index (χ1v) is 7.94. The molecule has 5 heteroatoms. The molecule has 1 N–H and O–H groups in total. The van der Waals surface area contributed by atoms with Crippen LogP contribution in [-0.4, -0.2) is 16.3 Å². The second kappa shape index (κ2) is 5.27. The number of anilines is 1. The maximum Gasteiger partial charge on any atom is 0.283 e. The van der Waals surface area contributed by atoms with E-state index in [1.165, 1.54) is 25.7 Å². The molecule has 2 aliphatic rings. The van der Waals surface area contributed by atoms with Gasteiger partial charge in [0, 0.05) is 13.1 Å². The lowest BCUT2D eigenvalue weighted by atomic mass is 10.1. The Bertz CT molecular complexity index is 520. The Morgan fingerprint density at radius 2 is 2.21 bits per heavy atom. The predicted molar refractivity (Wildman–Crippen MR) is 79.3 cm³/mol. The van der Waals surface area contributed by atoms with Crippen LogP contribution >= 0.6 is 15.9 Å². The van der Waals surface area contributed by atoms with E-state index >= 15 is 0 Å². The third-order valence-corrected chi connectivity index (χ3v) is 4.92. The van der Waals surface area contributed by atoms with Crippen molar-refractivity contribution in [2.75, 3.05) is 11.9 Å². The van der Waals surface area contributed by atoms with Gasteiger partial charge in [0.05, 0.1) is 11.9 Å². The lowest BCUT2D eigenvalue weighted by Crippen LogP contribution is -2.26. The van der Waals surface area contributed by atoms with Gasteiger partial charge in [-0.05, 0) is 59.4 Å². The van der Waals surface area contributed by atoms with Gasteiger partial charge >= 0.3 is 0 Å². The number of hydrogen-bond acceptors (Lipinski definition) is 3. The van der Waals surface area contributed by atoms with Gasteiger partial charge in [-0.25, -0.2) is 4.68 Å². The molecule has 0 aromatic carbocycles. The summed E-state index contributed by atoms with van der Waals surface area (Å²) in [6.45, 7) is 3.94. The number of hydrogen-bond donors (Lipinski definition) is 1. The Labute approximate surface area is 121 Å². The number of halogens is 1. The topological polar surface area (TPSA) is 46.9 Å². The fourth-order valence-electron chi connectivity index (χ4n) is 2.37. The minimum Gasteiger partial charge on any atom is -0.382 e. The number of nitrogens with zero attached hydrogens (tertiary/aromatic N) is 2. The molecule has 0 amide bonds. The first kappa shape index (κ1) is 13.2. The zero-order valence-electron chi connectivity index (χ0n) is 11.2. The molecular weight excluding hydrogens is 306 g/mol. The van der Waals surface area contributed by atoms with E-state index < -0.39 is 0 Å². The third-order valence-electron chi connectivity index (χ3n) is 4.15. The van der Waals surface area contributed by atoms with Gasteiger partial charge in [0.15, 0.2) is 0 Å². The molecule has 4 nitrogen and oxygen atoms in total. The van der Waals surface area contributed by atoms with E-state index in [1.807, 2.05) is 0 Å².